The predicted octanol–water partition coefficient (Wildman–Crippen LogP) is -0.796. The number of hydrogen-bond acceptors (Lipinski definition) is 2. The van der Waals surface area contributed by atoms with Crippen LogP contribution in [0, 0.1) is 12.8 Å². The van der Waals surface area contributed by atoms with Crippen LogP contribution in [0.2, 0.25) is 0 Å². The Balaban J connectivity index is 0.000000640. The molecule has 9 heavy (non-hydrogen) atoms. The van der Waals surface area contributed by atoms with Gasteiger partial charge in [-0.25, -0.2) is 5.88 Å². The quantitative estimate of drug-likeness (QED) is 0.381. The van der Waals surface area contributed by atoms with Crippen LogP contribution in [0.15, 0.2) is 5.38 Å². The van der Waals surface area contributed by atoms with Gasteiger partial charge in [-0.1, -0.05) is 0 Å². The first-order chi connectivity index (χ1) is 3.83. The second-order valence-corrected chi connectivity index (χ2v) is 2.54. The topological polar surface area (TPSA) is 12.9 Å². The molecule has 0 aliphatic rings. The van der Waals surface area contributed by atoms with Crippen molar-refractivity contribution in [1.82, 2.24) is 4.98 Å². The van der Waals surface area contributed by atoms with E-state index in [0.717, 1.165) is 10.7 Å². The van der Waals surface area contributed by atoms with Crippen molar-refractivity contribution in [2.45, 2.75) is 6.92 Å². The Hall–Kier alpha value is 0.387. The van der Waals surface area contributed by atoms with Gasteiger partial charge in [-0.15, -0.1) is 0 Å². The van der Waals surface area contributed by atoms with Crippen molar-refractivity contribution in [2.24, 2.45) is 0 Å². The summed E-state index contributed by atoms with van der Waals surface area (Å²) in [6.07, 6.45) is 0. The minimum atomic E-state index is 0. The number of halogens is 1. The third-order valence-electron chi connectivity index (χ3n) is 0.730. The van der Waals surface area contributed by atoms with E-state index in [2.05, 4.69) is 4.98 Å². The monoisotopic (exact) mass is 153 g/mol. The molecule has 0 saturated heterocycles. The van der Waals surface area contributed by atoms with Gasteiger partial charge in [0.05, 0.1) is 0 Å². The second kappa shape index (κ2) is 4.24. The maximum absolute atomic E-state index is 5.36. The average Bonchev–Trinajstić information content (AvgIpc) is 2.14. The van der Waals surface area contributed by atoms with Crippen LogP contribution in [0.25, 0.3) is 0 Å². The zero-order chi connectivity index (χ0) is 5.98. The van der Waals surface area contributed by atoms with Gasteiger partial charge in [0, 0.05) is 11.1 Å². The Morgan fingerprint density at radius 2 is 2.44 bits per heavy atom. The van der Waals surface area contributed by atoms with Crippen LogP contribution < -0.4 is 18.9 Å². The van der Waals surface area contributed by atoms with Crippen molar-refractivity contribution >= 4 is 22.9 Å². The van der Waals surface area contributed by atoms with Crippen LogP contribution in [0.5, 0.6) is 0 Å². The van der Waals surface area contributed by atoms with Gasteiger partial charge in [0.15, 0.2) is 0 Å². The number of aryl methyl sites for hydroxylation is 1. The van der Waals surface area contributed by atoms with E-state index >= 15 is 0 Å². The van der Waals surface area contributed by atoms with Crippen LogP contribution in [-0.2, 0) is 0 Å². The van der Waals surface area contributed by atoms with E-state index in [0.29, 0.717) is 0 Å². The van der Waals surface area contributed by atoms with Crippen molar-refractivity contribution in [2.75, 3.05) is 0 Å². The molecule has 0 aliphatic heterocycles. The average molecular weight is 154 g/mol. The molecule has 0 aliphatic carbocycles. The fourth-order valence-electron chi connectivity index (χ4n) is 0.422. The molecule has 4 heteroatoms. The minimum absolute atomic E-state index is 0. The van der Waals surface area contributed by atoms with Crippen molar-refractivity contribution < 1.29 is 18.9 Å². The van der Waals surface area contributed by atoms with Gasteiger partial charge in [0.2, 0.25) is 0 Å². The van der Waals surface area contributed by atoms with Gasteiger partial charge < -0.3 is 11.6 Å². The molecule has 0 bridgehead atoms. The standard InChI is InChI=1S/C5H5ClNS.Li/c1-4-3-8-5(2-6)7-4;/h2-3H,1H3;/q-1;+1. The summed E-state index contributed by atoms with van der Waals surface area (Å²) in [5, 5.41) is 2.85. The molecule has 1 aromatic rings. The fraction of sp³-hybridized carbons (Fsp3) is 0.200. The molecule has 0 unspecified atom stereocenters. The maximum Gasteiger partial charge on any atom is 1.00 e. The van der Waals surface area contributed by atoms with Crippen molar-refractivity contribution in [1.29, 1.82) is 0 Å². The van der Waals surface area contributed by atoms with Gasteiger partial charge in [0.1, 0.15) is 0 Å². The van der Waals surface area contributed by atoms with Crippen LogP contribution in [0.3, 0.4) is 0 Å². The summed E-state index contributed by atoms with van der Waals surface area (Å²) in [5.74, 6) is 1.48. The molecule has 0 aromatic carbocycles. The fourth-order valence-corrected chi connectivity index (χ4v) is 1.22. The molecule has 44 valence electrons. The van der Waals surface area contributed by atoms with Gasteiger partial charge in [-0.3, -0.25) is 4.98 Å². The molecule has 0 N–H and O–H groups in total. The molecule has 1 aromatic heterocycles. The first kappa shape index (κ1) is 9.39. The van der Waals surface area contributed by atoms with Gasteiger partial charge >= 0.3 is 18.9 Å². The third kappa shape index (κ3) is 2.64. The number of rotatable bonds is 1. The van der Waals surface area contributed by atoms with E-state index < -0.39 is 0 Å². The Kier molecular flexibility index (Phi) is 4.42. The number of thiazole rings is 1. The van der Waals surface area contributed by atoms with E-state index in [-0.39, 0.29) is 18.9 Å². The van der Waals surface area contributed by atoms with Crippen LogP contribution in [-0.4, -0.2) is 4.98 Å². The first-order valence-electron chi connectivity index (χ1n) is 2.18. The molecular weight excluding hydrogens is 149 g/mol. The Bertz CT molecular complexity index is 177. The summed E-state index contributed by atoms with van der Waals surface area (Å²) < 4.78 is 0. The number of aromatic nitrogens is 1. The molecule has 0 radical (unpaired) electrons. The number of nitrogens with zero attached hydrogens (tertiary/aromatic N) is 1. The second-order valence-electron chi connectivity index (χ2n) is 1.44. The Morgan fingerprint density at radius 3 is 2.67 bits per heavy atom. The molecular formula is C5H5ClLiNS. The predicted molar refractivity (Wildman–Crippen MR) is 36.1 cm³/mol. The summed E-state index contributed by atoms with van der Waals surface area (Å²) in [6.45, 7) is 1.94. The molecule has 0 saturated carbocycles. The van der Waals surface area contributed by atoms with E-state index in [4.69, 9.17) is 11.6 Å². The smallest absolute Gasteiger partial charge is 0.320 e. The molecule has 1 heterocycles. The summed E-state index contributed by atoms with van der Waals surface area (Å²) in [4.78, 5) is 4.06. The zero-order valence-electron chi connectivity index (χ0n) is 5.39. The summed E-state index contributed by atoms with van der Waals surface area (Å²) in [7, 11) is 0. The normalized spacial score (nSPS) is 8.22. The van der Waals surface area contributed by atoms with Gasteiger partial charge in [0.25, 0.3) is 0 Å². The molecule has 1 nitrogen and oxygen atoms in total. The van der Waals surface area contributed by atoms with E-state index in [9.17, 15) is 0 Å². The molecule has 0 atom stereocenters. The van der Waals surface area contributed by atoms with Crippen molar-refractivity contribution in [3.63, 3.8) is 0 Å². The van der Waals surface area contributed by atoms with Crippen LogP contribution in [0.1, 0.15) is 10.7 Å². The number of hydrogen-bond donors (Lipinski definition) is 0. The van der Waals surface area contributed by atoms with E-state index in [1.165, 1.54) is 5.88 Å². The SMILES string of the molecule is Cc1csc([CH-]Cl)n1.[Li+]. The Morgan fingerprint density at radius 1 is 1.78 bits per heavy atom. The van der Waals surface area contributed by atoms with E-state index in [1.807, 2.05) is 12.3 Å². The van der Waals surface area contributed by atoms with E-state index in [1.54, 1.807) is 11.3 Å². The molecule has 0 spiro atoms. The molecule has 0 fully saturated rings. The van der Waals surface area contributed by atoms with Gasteiger partial charge in [-0.05, 0) is 11.9 Å². The largest absolute Gasteiger partial charge is 1.00 e. The van der Waals surface area contributed by atoms with Gasteiger partial charge in [-0.2, -0.15) is 11.3 Å². The first-order valence-corrected chi connectivity index (χ1v) is 3.50. The van der Waals surface area contributed by atoms with Crippen LogP contribution >= 0.6 is 22.9 Å². The van der Waals surface area contributed by atoms with Crippen LogP contribution in [0.4, 0.5) is 0 Å². The summed E-state index contributed by atoms with van der Waals surface area (Å²) in [6, 6.07) is 0. The zero-order valence-corrected chi connectivity index (χ0v) is 6.96. The summed E-state index contributed by atoms with van der Waals surface area (Å²) >= 11 is 6.91. The van der Waals surface area contributed by atoms with Crippen molar-refractivity contribution in [3.05, 3.63) is 22.0 Å². The Labute approximate surface area is 75.6 Å². The summed E-state index contributed by atoms with van der Waals surface area (Å²) in [5.41, 5.74) is 1.03. The third-order valence-corrected chi connectivity index (χ3v) is 1.98. The molecule has 1 rings (SSSR count). The maximum atomic E-state index is 5.36. The van der Waals surface area contributed by atoms with Crippen molar-refractivity contribution in [3.8, 4) is 0 Å². The minimum Gasteiger partial charge on any atom is -0.320 e. The molecule has 0 amide bonds.